The lowest BCUT2D eigenvalue weighted by atomic mass is 9.81. The zero-order valence-electron chi connectivity index (χ0n) is 27.8. The molecule has 9 aromatic rings. The van der Waals surface area contributed by atoms with Crippen LogP contribution in [-0.4, -0.2) is 9.97 Å². The molecule has 0 N–H and O–H groups in total. The third-order valence-corrected chi connectivity index (χ3v) is 11.7. The Morgan fingerprint density at radius 2 is 1.04 bits per heavy atom. The van der Waals surface area contributed by atoms with Crippen LogP contribution < -0.4 is 0 Å². The predicted octanol–water partition coefficient (Wildman–Crippen LogP) is 13.0. The fraction of sp³-hybridized carbons (Fsp3) is 0.0638. The Labute approximate surface area is 295 Å². The third-order valence-electron chi connectivity index (χ3n) is 10.5. The highest BCUT2D eigenvalue weighted by Crippen LogP contribution is 2.53. The fourth-order valence-corrected chi connectivity index (χ4v) is 9.21. The largest absolute Gasteiger partial charge is 0.228 e. The standard InChI is InChI=1S/C47H32N2S/c1-47(2)39-20-10-8-18-38(39)45-36(19-12-21-40(45)47)33-25-26-37(32-16-7-6-15-31(32)33)46-48-41(29-13-4-3-5-14-29)28-42(49-46)30-23-24-35-34-17-9-11-22-43(34)50-44(35)27-30/h3-28H,1-2H3. The van der Waals surface area contributed by atoms with Crippen molar-refractivity contribution in [3.05, 3.63) is 169 Å². The summed E-state index contributed by atoms with van der Waals surface area (Å²) in [6.45, 7) is 4.69. The van der Waals surface area contributed by atoms with Crippen LogP contribution in [0, 0.1) is 0 Å². The second-order valence-corrected chi connectivity index (χ2v) is 14.8. The lowest BCUT2D eigenvalue weighted by molar-refractivity contribution is 0.660. The average Bonchev–Trinajstić information content (AvgIpc) is 3.66. The van der Waals surface area contributed by atoms with E-state index in [9.17, 15) is 0 Å². The van der Waals surface area contributed by atoms with Gasteiger partial charge in [-0.25, -0.2) is 9.97 Å². The first kappa shape index (κ1) is 29.1. The predicted molar refractivity (Wildman–Crippen MR) is 212 cm³/mol. The third kappa shape index (κ3) is 4.40. The lowest BCUT2D eigenvalue weighted by Crippen LogP contribution is -2.14. The van der Waals surface area contributed by atoms with E-state index >= 15 is 0 Å². The second kappa shape index (κ2) is 11.1. The Bertz CT molecular complexity index is 2790. The minimum Gasteiger partial charge on any atom is -0.228 e. The summed E-state index contributed by atoms with van der Waals surface area (Å²) in [5.74, 6) is 0.727. The summed E-state index contributed by atoms with van der Waals surface area (Å²) in [5, 5.41) is 4.92. The van der Waals surface area contributed by atoms with Crippen molar-refractivity contribution < 1.29 is 0 Å². The van der Waals surface area contributed by atoms with Crippen LogP contribution in [0.4, 0.5) is 0 Å². The normalized spacial score (nSPS) is 13.2. The molecule has 0 radical (unpaired) electrons. The van der Waals surface area contributed by atoms with E-state index in [4.69, 9.17) is 9.97 Å². The SMILES string of the molecule is CC1(C)c2ccccc2-c2c(-c3ccc(-c4nc(-c5ccccc5)cc(-c5ccc6c(c5)sc5ccccc56)n4)c4ccccc34)cccc21. The molecule has 7 aromatic carbocycles. The van der Waals surface area contributed by atoms with Crippen molar-refractivity contribution in [2.24, 2.45) is 0 Å². The van der Waals surface area contributed by atoms with E-state index in [0.717, 1.165) is 39.3 Å². The van der Waals surface area contributed by atoms with E-state index in [2.05, 4.69) is 166 Å². The first-order chi connectivity index (χ1) is 24.5. The van der Waals surface area contributed by atoms with Gasteiger partial charge in [0.2, 0.25) is 0 Å². The minimum atomic E-state index is -0.0569. The van der Waals surface area contributed by atoms with Crippen molar-refractivity contribution in [1.29, 1.82) is 0 Å². The molecule has 0 unspecified atom stereocenters. The molecular formula is C47H32N2S. The number of fused-ring (bicyclic) bond motifs is 7. The molecule has 1 aliphatic rings. The molecule has 236 valence electrons. The molecule has 0 saturated carbocycles. The van der Waals surface area contributed by atoms with E-state index in [-0.39, 0.29) is 5.41 Å². The number of rotatable bonds is 4. The van der Waals surface area contributed by atoms with Gasteiger partial charge < -0.3 is 0 Å². The molecule has 0 atom stereocenters. The first-order valence-electron chi connectivity index (χ1n) is 17.2. The number of hydrogen-bond donors (Lipinski definition) is 0. The highest BCUT2D eigenvalue weighted by Gasteiger charge is 2.36. The highest BCUT2D eigenvalue weighted by molar-refractivity contribution is 7.25. The Morgan fingerprint density at radius 1 is 0.420 bits per heavy atom. The van der Waals surface area contributed by atoms with Crippen LogP contribution in [0.2, 0.25) is 0 Å². The van der Waals surface area contributed by atoms with Crippen molar-refractivity contribution in [1.82, 2.24) is 9.97 Å². The number of thiophene rings is 1. The van der Waals surface area contributed by atoms with Crippen molar-refractivity contribution in [3.8, 4) is 56.2 Å². The molecule has 2 heterocycles. The second-order valence-electron chi connectivity index (χ2n) is 13.7. The fourth-order valence-electron chi connectivity index (χ4n) is 8.07. The van der Waals surface area contributed by atoms with E-state index in [1.165, 1.54) is 58.9 Å². The van der Waals surface area contributed by atoms with E-state index in [1.807, 2.05) is 17.4 Å². The van der Waals surface area contributed by atoms with Crippen LogP contribution in [-0.2, 0) is 5.41 Å². The Balaban J connectivity index is 1.18. The molecule has 50 heavy (non-hydrogen) atoms. The van der Waals surface area contributed by atoms with Gasteiger partial charge in [0.15, 0.2) is 5.82 Å². The summed E-state index contributed by atoms with van der Waals surface area (Å²) in [4.78, 5) is 10.6. The van der Waals surface area contributed by atoms with E-state index in [1.54, 1.807) is 0 Å². The van der Waals surface area contributed by atoms with Crippen molar-refractivity contribution >= 4 is 42.3 Å². The van der Waals surface area contributed by atoms with E-state index in [0.29, 0.717) is 0 Å². The maximum atomic E-state index is 5.31. The molecule has 0 saturated heterocycles. The molecule has 0 amide bonds. The quantitative estimate of drug-likeness (QED) is 0.188. The number of aromatic nitrogens is 2. The molecule has 2 nitrogen and oxygen atoms in total. The lowest BCUT2D eigenvalue weighted by Gasteiger charge is -2.21. The molecule has 10 rings (SSSR count). The van der Waals surface area contributed by atoms with E-state index < -0.39 is 0 Å². The van der Waals surface area contributed by atoms with Gasteiger partial charge in [-0.1, -0.05) is 147 Å². The highest BCUT2D eigenvalue weighted by atomic mass is 32.1. The molecule has 0 fully saturated rings. The molecular weight excluding hydrogens is 625 g/mol. The van der Waals surface area contributed by atoms with Gasteiger partial charge >= 0.3 is 0 Å². The molecule has 3 heteroatoms. The molecule has 0 spiro atoms. The Morgan fingerprint density at radius 3 is 1.88 bits per heavy atom. The number of hydrogen-bond acceptors (Lipinski definition) is 3. The topological polar surface area (TPSA) is 25.8 Å². The maximum absolute atomic E-state index is 5.31. The van der Waals surface area contributed by atoms with Crippen molar-refractivity contribution in [2.45, 2.75) is 19.3 Å². The van der Waals surface area contributed by atoms with Crippen LogP contribution in [0.1, 0.15) is 25.0 Å². The summed E-state index contributed by atoms with van der Waals surface area (Å²) in [6.07, 6.45) is 0. The van der Waals surface area contributed by atoms with Crippen LogP contribution in [0.25, 0.3) is 87.1 Å². The zero-order valence-corrected chi connectivity index (χ0v) is 28.6. The summed E-state index contributed by atoms with van der Waals surface area (Å²) in [5.41, 5.74) is 12.9. The zero-order chi connectivity index (χ0) is 33.4. The van der Waals surface area contributed by atoms with Gasteiger partial charge in [-0.2, -0.15) is 0 Å². The Hall–Kier alpha value is -5.90. The van der Waals surface area contributed by atoms with Crippen LogP contribution in [0.15, 0.2) is 158 Å². The number of nitrogens with zero attached hydrogens (tertiary/aromatic N) is 2. The van der Waals surface area contributed by atoms with Crippen molar-refractivity contribution in [2.75, 3.05) is 0 Å². The smallest absolute Gasteiger partial charge is 0.161 e. The summed E-state index contributed by atoms with van der Waals surface area (Å²) in [7, 11) is 0. The molecule has 0 aliphatic heterocycles. The minimum absolute atomic E-state index is 0.0569. The van der Waals surface area contributed by atoms with Gasteiger partial charge in [0.1, 0.15) is 0 Å². The summed E-state index contributed by atoms with van der Waals surface area (Å²) in [6, 6.07) is 56.9. The summed E-state index contributed by atoms with van der Waals surface area (Å²) >= 11 is 1.83. The average molecular weight is 657 g/mol. The van der Waals surface area contributed by atoms with Gasteiger partial charge in [-0.05, 0) is 68.4 Å². The van der Waals surface area contributed by atoms with Gasteiger partial charge in [-0.15, -0.1) is 11.3 Å². The van der Waals surface area contributed by atoms with Gasteiger partial charge in [0, 0.05) is 42.3 Å². The van der Waals surface area contributed by atoms with Crippen LogP contribution in [0.3, 0.4) is 0 Å². The molecule has 2 aromatic heterocycles. The van der Waals surface area contributed by atoms with Gasteiger partial charge in [0.05, 0.1) is 11.4 Å². The van der Waals surface area contributed by atoms with Crippen molar-refractivity contribution in [3.63, 3.8) is 0 Å². The first-order valence-corrected chi connectivity index (χ1v) is 18.0. The molecule has 1 aliphatic carbocycles. The van der Waals surface area contributed by atoms with Gasteiger partial charge in [-0.3, -0.25) is 0 Å². The van der Waals surface area contributed by atoms with Crippen LogP contribution >= 0.6 is 11.3 Å². The summed E-state index contributed by atoms with van der Waals surface area (Å²) < 4.78 is 2.57. The Kier molecular flexibility index (Phi) is 6.43. The maximum Gasteiger partial charge on any atom is 0.161 e. The van der Waals surface area contributed by atoms with Crippen LogP contribution in [0.5, 0.6) is 0 Å². The van der Waals surface area contributed by atoms with Gasteiger partial charge in [0.25, 0.3) is 0 Å². The number of benzene rings is 7. The monoisotopic (exact) mass is 656 g/mol. The molecule has 0 bridgehead atoms.